The minimum Gasteiger partial charge on any atom is -0.447 e. The molecule has 6 heteroatoms. The van der Waals surface area contributed by atoms with Gasteiger partial charge in [-0.05, 0) is 44.7 Å². The number of rotatable bonds is 5. The maximum absolute atomic E-state index is 12.1. The molecule has 0 aliphatic heterocycles. The van der Waals surface area contributed by atoms with Gasteiger partial charge in [0.15, 0.2) is 0 Å². The summed E-state index contributed by atoms with van der Waals surface area (Å²) in [5.41, 5.74) is 4.96. The molecule has 1 aliphatic carbocycles. The first kappa shape index (κ1) is 12.6. The molecular formula is C11H18N2O3S. The highest BCUT2D eigenvalue weighted by molar-refractivity contribution is 7.89. The van der Waals surface area contributed by atoms with Gasteiger partial charge in [-0.15, -0.1) is 0 Å². The summed E-state index contributed by atoms with van der Waals surface area (Å²) in [5.74, 6) is 0.885. The fourth-order valence-electron chi connectivity index (χ4n) is 1.90. The van der Waals surface area contributed by atoms with E-state index in [1.165, 1.54) is 6.07 Å². The molecule has 0 unspecified atom stereocenters. The van der Waals surface area contributed by atoms with Crippen LogP contribution in [0.15, 0.2) is 21.6 Å². The van der Waals surface area contributed by atoms with Crippen molar-refractivity contribution in [3.63, 3.8) is 0 Å². The average Bonchev–Trinajstić information content (AvgIpc) is 2.95. The zero-order chi connectivity index (χ0) is 12.7. The van der Waals surface area contributed by atoms with Crippen molar-refractivity contribution in [2.45, 2.75) is 43.9 Å². The van der Waals surface area contributed by atoms with Gasteiger partial charge in [-0.25, -0.2) is 13.1 Å². The van der Waals surface area contributed by atoms with E-state index in [-0.39, 0.29) is 11.6 Å². The van der Waals surface area contributed by atoms with Crippen LogP contribution in [-0.4, -0.2) is 14.0 Å². The van der Waals surface area contributed by atoms with Gasteiger partial charge in [0, 0.05) is 5.54 Å². The molecule has 0 bridgehead atoms. The molecule has 0 saturated heterocycles. The summed E-state index contributed by atoms with van der Waals surface area (Å²) in [5, 5.41) is -0.0633. The van der Waals surface area contributed by atoms with E-state index in [2.05, 4.69) is 4.72 Å². The highest BCUT2D eigenvalue weighted by Gasteiger charge is 2.41. The maximum Gasteiger partial charge on any atom is 0.274 e. The first-order valence-electron chi connectivity index (χ1n) is 5.68. The van der Waals surface area contributed by atoms with Crippen molar-refractivity contribution in [3.05, 3.63) is 17.9 Å². The Morgan fingerprint density at radius 2 is 2.12 bits per heavy atom. The SMILES string of the molecule is CC(C)(NS(=O)(=O)c1ccc(CN)o1)C1CC1. The molecule has 1 aromatic heterocycles. The summed E-state index contributed by atoms with van der Waals surface area (Å²) in [6, 6.07) is 3.02. The van der Waals surface area contributed by atoms with Crippen molar-refractivity contribution in [1.82, 2.24) is 4.72 Å². The molecule has 2 rings (SSSR count). The van der Waals surface area contributed by atoms with Gasteiger partial charge in [0.2, 0.25) is 5.09 Å². The van der Waals surface area contributed by atoms with Crippen LogP contribution in [0.5, 0.6) is 0 Å². The predicted molar refractivity (Wildman–Crippen MR) is 63.7 cm³/mol. The lowest BCUT2D eigenvalue weighted by atomic mass is 10.0. The second kappa shape index (κ2) is 4.12. The van der Waals surface area contributed by atoms with Crippen LogP contribution in [0.1, 0.15) is 32.4 Å². The molecule has 1 fully saturated rings. The fourth-order valence-corrected chi connectivity index (χ4v) is 3.32. The number of furan rings is 1. The first-order valence-corrected chi connectivity index (χ1v) is 7.16. The number of hydrogen-bond acceptors (Lipinski definition) is 4. The van der Waals surface area contributed by atoms with Gasteiger partial charge in [0.1, 0.15) is 5.76 Å². The van der Waals surface area contributed by atoms with Crippen LogP contribution < -0.4 is 10.5 Å². The lowest BCUT2D eigenvalue weighted by Crippen LogP contribution is -2.44. The Balaban J connectivity index is 2.18. The third-order valence-corrected chi connectivity index (χ3v) is 4.64. The Kier molecular flexibility index (Phi) is 3.05. The van der Waals surface area contributed by atoms with Crippen molar-refractivity contribution < 1.29 is 12.8 Å². The molecule has 5 nitrogen and oxygen atoms in total. The molecule has 1 aromatic rings. The highest BCUT2D eigenvalue weighted by Crippen LogP contribution is 2.39. The smallest absolute Gasteiger partial charge is 0.274 e. The zero-order valence-electron chi connectivity index (χ0n) is 10.1. The Labute approximate surface area is 101 Å². The fraction of sp³-hybridized carbons (Fsp3) is 0.636. The van der Waals surface area contributed by atoms with Crippen molar-refractivity contribution in [2.24, 2.45) is 11.7 Å². The third-order valence-electron chi connectivity index (χ3n) is 3.10. The molecule has 3 N–H and O–H groups in total. The van der Waals surface area contributed by atoms with E-state index in [0.717, 1.165) is 12.8 Å². The van der Waals surface area contributed by atoms with Crippen LogP contribution in [0.25, 0.3) is 0 Å². The first-order chi connectivity index (χ1) is 7.85. The number of nitrogens with one attached hydrogen (secondary N) is 1. The van der Waals surface area contributed by atoms with E-state index in [9.17, 15) is 8.42 Å². The van der Waals surface area contributed by atoms with Crippen molar-refractivity contribution in [2.75, 3.05) is 0 Å². The van der Waals surface area contributed by atoms with E-state index in [1.807, 2.05) is 13.8 Å². The monoisotopic (exact) mass is 258 g/mol. The molecule has 1 heterocycles. The normalized spacial score (nSPS) is 17.4. The third kappa shape index (κ3) is 2.70. The van der Waals surface area contributed by atoms with E-state index in [4.69, 9.17) is 10.2 Å². The van der Waals surface area contributed by atoms with Crippen LogP contribution >= 0.6 is 0 Å². The number of hydrogen-bond donors (Lipinski definition) is 2. The van der Waals surface area contributed by atoms with Crippen LogP contribution in [0.2, 0.25) is 0 Å². The highest BCUT2D eigenvalue weighted by atomic mass is 32.2. The molecule has 17 heavy (non-hydrogen) atoms. The van der Waals surface area contributed by atoms with Gasteiger partial charge in [-0.1, -0.05) is 0 Å². The molecule has 0 atom stereocenters. The van der Waals surface area contributed by atoms with Gasteiger partial charge < -0.3 is 10.2 Å². The summed E-state index contributed by atoms with van der Waals surface area (Å²) in [4.78, 5) is 0. The van der Waals surface area contributed by atoms with Gasteiger partial charge >= 0.3 is 0 Å². The van der Waals surface area contributed by atoms with Gasteiger partial charge in [-0.3, -0.25) is 0 Å². The second-order valence-corrected chi connectivity index (χ2v) is 6.64. The molecule has 0 spiro atoms. The minimum absolute atomic E-state index is 0.0633. The largest absolute Gasteiger partial charge is 0.447 e. The topological polar surface area (TPSA) is 85.3 Å². The van der Waals surface area contributed by atoms with Gasteiger partial charge in [0.25, 0.3) is 10.0 Å². The molecule has 96 valence electrons. The summed E-state index contributed by atoms with van der Waals surface area (Å²) < 4.78 is 32.0. The molecule has 0 aromatic carbocycles. The Hall–Kier alpha value is -0.850. The standard InChI is InChI=1S/C11H18N2O3S/c1-11(2,8-3-4-8)13-17(14,15)10-6-5-9(7-12)16-10/h5-6,8,13H,3-4,7,12H2,1-2H3. The van der Waals surface area contributed by atoms with E-state index < -0.39 is 15.6 Å². The minimum atomic E-state index is -3.58. The van der Waals surface area contributed by atoms with E-state index in [0.29, 0.717) is 11.7 Å². The Morgan fingerprint density at radius 1 is 1.47 bits per heavy atom. The molecule has 1 saturated carbocycles. The lowest BCUT2D eigenvalue weighted by molar-refractivity contribution is 0.377. The summed E-state index contributed by atoms with van der Waals surface area (Å²) in [7, 11) is -3.58. The van der Waals surface area contributed by atoms with Crippen LogP contribution in [0.4, 0.5) is 0 Å². The summed E-state index contributed by atoms with van der Waals surface area (Å²) >= 11 is 0. The van der Waals surface area contributed by atoms with Gasteiger partial charge in [-0.2, -0.15) is 0 Å². The summed E-state index contributed by atoms with van der Waals surface area (Å²) in [6.07, 6.45) is 2.14. The number of nitrogens with two attached hydrogens (primary N) is 1. The lowest BCUT2D eigenvalue weighted by Gasteiger charge is -2.24. The summed E-state index contributed by atoms with van der Waals surface area (Å²) in [6.45, 7) is 3.99. The van der Waals surface area contributed by atoms with Crippen LogP contribution in [-0.2, 0) is 16.6 Å². The van der Waals surface area contributed by atoms with E-state index >= 15 is 0 Å². The van der Waals surface area contributed by atoms with E-state index in [1.54, 1.807) is 6.07 Å². The number of sulfonamides is 1. The predicted octanol–water partition coefficient (Wildman–Crippen LogP) is 1.21. The zero-order valence-corrected chi connectivity index (χ0v) is 10.9. The quantitative estimate of drug-likeness (QED) is 0.831. The maximum atomic E-state index is 12.1. The van der Waals surface area contributed by atoms with Crippen LogP contribution in [0, 0.1) is 5.92 Å². The van der Waals surface area contributed by atoms with Gasteiger partial charge in [0.05, 0.1) is 6.54 Å². The Morgan fingerprint density at radius 3 is 2.59 bits per heavy atom. The van der Waals surface area contributed by atoms with Crippen LogP contribution in [0.3, 0.4) is 0 Å². The average molecular weight is 258 g/mol. The molecule has 1 aliphatic rings. The van der Waals surface area contributed by atoms with Crippen molar-refractivity contribution in [1.29, 1.82) is 0 Å². The Bertz CT molecular complexity index is 501. The second-order valence-electron chi connectivity index (χ2n) is 5.03. The van der Waals surface area contributed by atoms with Crippen molar-refractivity contribution in [3.8, 4) is 0 Å². The molecular weight excluding hydrogens is 240 g/mol. The van der Waals surface area contributed by atoms with Crippen molar-refractivity contribution >= 4 is 10.0 Å². The molecule has 0 amide bonds. The molecule has 0 radical (unpaired) electrons.